The van der Waals surface area contributed by atoms with E-state index in [4.69, 9.17) is 11.6 Å². The molecule has 25 heavy (non-hydrogen) atoms. The molecule has 1 heterocycles. The van der Waals surface area contributed by atoms with Crippen molar-refractivity contribution in [3.05, 3.63) is 58.1 Å². The van der Waals surface area contributed by atoms with Gasteiger partial charge in [0.2, 0.25) is 0 Å². The Balaban J connectivity index is 1.83. The molecule has 2 nitrogen and oxygen atoms in total. The van der Waals surface area contributed by atoms with E-state index >= 15 is 0 Å². The standard InChI is InChI=1S/C18H17ClF3NOS/c19-15-6-5-12-7-9-23-10-8-14(12)17(15)25-11-13-3-1-2-4-16(13)24-18(20,21)22/h1-6,23H,7-11H2. The fourth-order valence-electron chi connectivity index (χ4n) is 2.86. The van der Waals surface area contributed by atoms with Gasteiger partial charge in [-0.3, -0.25) is 0 Å². The predicted octanol–water partition coefficient (Wildman–Crippen LogP) is 5.22. The third-order valence-electron chi connectivity index (χ3n) is 4.00. The maximum Gasteiger partial charge on any atom is 0.573 e. The molecular weight excluding hydrogens is 371 g/mol. The van der Waals surface area contributed by atoms with Crippen LogP contribution in [0.1, 0.15) is 16.7 Å². The number of hydrogen-bond donors (Lipinski definition) is 1. The average Bonchev–Trinajstić information content (AvgIpc) is 2.79. The molecule has 0 aliphatic carbocycles. The van der Waals surface area contributed by atoms with Crippen molar-refractivity contribution in [3.63, 3.8) is 0 Å². The molecule has 2 aromatic rings. The van der Waals surface area contributed by atoms with E-state index < -0.39 is 6.36 Å². The Hall–Kier alpha value is -1.37. The van der Waals surface area contributed by atoms with Gasteiger partial charge in [-0.15, -0.1) is 24.9 Å². The first-order chi connectivity index (χ1) is 11.9. The van der Waals surface area contributed by atoms with Gasteiger partial charge in [0.25, 0.3) is 0 Å². The molecule has 2 aromatic carbocycles. The second-order valence-corrected chi connectivity index (χ2v) is 7.10. The molecule has 7 heteroatoms. The van der Waals surface area contributed by atoms with E-state index in [1.807, 2.05) is 12.1 Å². The van der Waals surface area contributed by atoms with Crippen molar-refractivity contribution in [1.29, 1.82) is 0 Å². The maximum absolute atomic E-state index is 12.6. The highest BCUT2D eigenvalue weighted by molar-refractivity contribution is 7.98. The number of benzene rings is 2. The molecule has 0 radical (unpaired) electrons. The zero-order valence-electron chi connectivity index (χ0n) is 13.3. The van der Waals surface area contributed by atoms with E-state index in [0.29, 0.717) is 16.3 Å². The van der Waals surface area contributed by atoms with E-state index in [0.717, 1.165) is 30.8 Å². The van der Waals surface area contributed by atoms with E-state index in [-0.39, 0.29) is 5.75 Å². The minimum absolute atomic E-state index is 0.165. The summed E-state index contributed by atoms with van der Waals surface area (Å²) in [4.78, 5) is 0.949. The normalized spacial score (nSPS) is 14.7. The lowest BCUT2D eigenvalue weighted by Gasteiger charge is -2.16. The number of rotatable bonds is 4. The topological polar surface area (TPSA) is 21.3 Å². The van der Waals surface area contributed by atoms with Crippen LogP contribution in [0, 0.1) is 0 Å². The van der Waals surface area contributed by atoms with E-state index in [1.54, 1.807) is 12.1 Å². The Morgan fingerprint density at radius 2 is 1.84 bits per heavy atom. The van der Waals surface area contributed by atoms with E-state index in [9.17, 15) is 13.2 Å². The molecule has 0 saturated carbocycles. The van der Waals surface area contributed by atoms with Gasteiger partial charge in [0.05, 0.1) is 5.02 Å². The lowest BCUT2D eigenvalue weighted by atomic mass is 10.0. The maximum atomic E-state index is 12.6. The van der Waals surface area contributed by atoms with Crippen LogP contribution >= 0.6 is 23.4 Å². The summed E-state index contributed by atoms with van der Waals surface area (Å²) in [6.45, 7) is 1.79. The summed E-state index contributed by atoms with van der Waals surface area (Å²) in [5.74, 6) is 0.192. The second kappa shape index (κ2) is 7.89. The molecule has 0 unspecified atom stereocenters. The van der Waals surface area contributed by atoms with Crippen molar-refractivity contribution in [2.75, 3.05) is 13.1 Å². The third kappa shape index (κ3) is 4.84. The van der Waals surface area contributed by atoms with Gasteiger partial charge in [0, 0.05) is 16.2 Å². The van der Waals surface area contributed by atoms with Crippen molar-refractivity contribution < 1.29 is 17.9 Å². The Labute approximate surface area is 153 Å². The molecule has 1 aliphatic heterocycles. The largest absolute Gasteiger partial charge is 0.573 e. The Kier molecular flexibility index (Phi) is 5.81. The van der Waals surface area contributed by atoms with E-state index in [1.165, 1.54) is 35.0 Å². The number of hydrogen-bond acceptors (Lipinski definition) is 3. The molecule has 1 N–H and O–H groups in total. The summed E-state index contributed by atoms with van der Waals surface area (Å²) in [5.41, 5.74) is 2.93. The molecule has 0 atom stereocenters. The summed E-state index contributed by atoms with van der Waals surface area (Å²) in [7, 11) is 0. The van der Waals surface area contributed by atoms with Crippen LogP contribution in [0.4, 0.5) is 13.2 Å². The van der Waals surface area contributed by atoms with Gasteiger partial charge in [-0.05, 0) is 49.2 Å². The number of ether oxygens (including phenoxy) is 1. The summed E-state index contributed by atoms with van der Waals surface area (Å²) >= 11 is 7.83. The second-order valence-electron chi connectivity index (χ2n) is 5.71. The SMILES string of the molecule is FC(F)(F)Oc1ccccc1CSc1c(Cl)ccc2c1CCNCC2. The molecule has 0 spiro atoms. The Morgan fingerprint density at radius 3 is 2.64 bits per heavy atom. The van der Waals surface area contributed by atoms with Gasteiger partial charge in [-0.1, -0.05) is 35.9 Å². The monoisotopic (exact) mass is 387 g/mol. The average molecular weight is 388 g/mol. The van der Waals surface area contributed by atoms with Crippen LogP contribution < -0.4 is 10.1 Å². The molecule has 0 amide bonds. The van der Waals surface area contributed by atoms with Crippen LogP contribution in [0.25, 0.3) is 0 Å². The number of halogens is 4. The van der Waals surface area contributed by atoms with Crippen molar-refractivity contribution in [1.82, 2.24) is 5.32 Å². The Bertz CT molecular complexity index is 752. The first kappa shape index (κ1) is 18.4. The van der Waals surface area contributed by atoms with E-state index in [2.05, 4.69) is 10.1 Å². The quantitative estimate of drug-likeness (QED) is 0.727. The molecule has 0 saturated heterocycles. The first-order valence-electron chi connectivity index (χ1n) is 7.91. The number of thioether (sulfide) groups is 1. The van der Waals surface area contributed by atoms with Gasteiger partial charge in [-0.2, -0.15) is 0 Å². The lowest BCUT2D eigenvalue weighted by molar-refractivity contribution is -0.274. The van der Waals surface area contributed by atoms with Crippen molar-refractivity contribution in [2.24, 2.45) is 0 Å². The minimum atomic E-state index is -4.70. The summed E-state index contributed by atoms with van der Waals surface area (Å²) in [5, 5.41) is 3.99. The van der Waals surface area contributed by atoms with Crippen LogP contribution in [0.3, 0.4) is 0 Å². The van der Waals surface area contributed by atoms with Gasteiger partial charge < -0.3 is 10.1 Å². The first-order valence-corrected chi connectivity index (χ1v) is 9.28. The summed E-state index contributed by atoms with van der Waals surface area (Å²) in [6, 6.07) is 10.1. The molecular formula is C18H17ClF3NOS. The molecule has 1 aliphatic rings. The molecule has 0 aromatic heterocycles. The molecule has 134 valence electrons. The highest BCUT2D eigenvalue weighted by Crippen LogP contribution is 2.38. The highest BCUT2D eigenvalue weighted by atomic mass is 35.5. The number of alkyl halides is 3. The van der Waals surface area contributed by atoms with Gasteiger partial charge >= 0.3 is 6.36 Å². The van der Waals surface area contributed by atoms with Crippen molar-refractivity contribution >= 4 is 23.4 Å². The highest BCUT2D eigenvalue weighted by Gasteiger charge is 2.32. The van der Waals surface area contributed by atoms with Gasteiger partial charge in [0.1, 0.15) is 5.75 Å². The molecule has 0 bridgehead atoms. The number of fused-ring (bicyclic) bond motifs is 1. The fourth-order valence-corrected chi connectivity index (χ4v) is 4.36. The Morgan fingerprint density at radius 1 is 1.08 bits per heavy atom. The predicted molar refractivity (Wildman–Crippen MR) is 94.4 cm³/mol. The van der Waals surface area contributed by atoms with Crippen LogP contribution in [0.2, 0.25) is 5.02 Å². The van der Waals surface area contributed by atoms with Crippen LogP contribution in [0.15, 0.2) is 41.3 Å². The third-order valence-corrected chi connectivity index (χ3v) is 5.64. The lowest BCUT2D eigenvalue weighted by Crippen LogP contribution is -2.18. The van der Waals surface area contributed by atoms with Crippen LogP contribution in [-0.2, 0) is 18.6 Å². The smallest absolute Gasteiger partial charge is 0.405 e. The zero-order chi connectivity index (χ0) is 17.9. The summed E-state index contributed by atoms with van der Waals surface area (Å²) < 4.78 is 41.8. The summed E-state index contributed by atoms with van der Waals surface area (Å²) in [6.07, 6.45) is -2.92. The van der Waals surface area contributed by atoms with Crippen molar-refractivity contribution in [2.45, 2.75) is 29.9 Å². The van der Waals surface area contributed by atoms with Gasteiger partial charge in [-0.25, -0.2) is 0 Å². The number of para-hydroxylation sites is 1. The number of nitrogens with one attached hydrogen (secondary N) is 1. The van der Waals surface area contributed by atoms with Gasteiger partial charge in [0.15, 0.2) is 0 Å². The van der Waals surface area contributed by atoms with Crippen LogP contribution in [0.5, 0.6) is 5.75 Å². The molecule has 0 fully saturated rings. The molecule has 3 rings (SSSR count). The van der Waals surface area contributed by atoms with Crippen LogP contribution in [-0.4, -0.2) is 19.5 Å². The van der Waals surface area contributed by atoms with Crippen molar-refractivity contribution in [3.8, 4) is 5.75 Å². The fraction of sp³-hybridized carbons (Fsp3) is 0.333. The zero-order valence-corrected chi connectivity index (χ0v) is 14.9. The minimum Gasteiger partial charge on any atom is -0.405 e.